The van der Waals surface area contributed by atoms with Crippen LogP contribution in [0.3, 0.4) is 0 Å². The number of nitriles is 1. The summed E-state index contributed by atoms with van der Waals surface area (Å²) < 4.78 is 0. The molecule has 1 aliphatic rings. The van der Waals surface area contributed by atoms with Crippen molar-refractivity contribution in [3.05, 3.63) is 28.8 Å². The second-order valence-corrected chi connectivity index (χ2v) is 4.59. The van der Waals surface area contributed by atoms with Crippen molar-refractivity contribution in [3.63, 3.8) is 0 Å². The minimum Gasteiger partial charge on any atom is -0.371 e. The highest BCUT2D eigenvalue weighted by Gasteiger charge is 2.14. The van der Waals surface area contributed by atoms with E-state index in [4.69, 9.17) is 16.9 Å². The molecule has 1 saturated heterocycles. The summed E-state index contributed by atoms with van der Waals surface area (Å²) in [4.78, 5) is 2.37. The molecule has 3 heteroatoms. The van der Waals surface area contributed by atoms with E-state index in [0.717, 1.165) is 18.7 Å². The lowest BCUT2D eigenvalue weighted by Gasteiger charge is -2.30. The van der Waals surface area contributed by atoms with Crippen LogP contribution in [0.15, 0.2) is 18.2 Å². The molecule has 1 heterocycles. The molecule has 2 nitrogen and oxygen atoms in total. The van der Waals surface area contributed by atoms with Crippen molar-refractivity contribution in [1.82, 2.24) is 0 Å². The number of halogens is 1. The standard InChI is InChI=1S/C13H15ClN2/c14-12-4-5-13(11(10-12)6-7-15)16-8-2-1-3-9-16/h4-5,10H,1-3,6,8-9H2. The Hall–Kier alpha value is -1.20. The third-order valence-electron chi connectivity index (χ3n) is 3.01. The predicted molar refractivity (Wildman–Crippen MR) is 66.8 cm³/mol. The maximum atomic E-state index is 8.82. The van der Waals surface area contributed by atoms with E-state index in [0.29, 0.717) is 11.4 Å². The lowest BCUT2D eigenvalue weighted by molar-refractivity contribution is 0.577. The van der Waals surface area contributed by atoms with Gasteiger partial charge in [0, 0.05) is 23.8 Å². The Bertz CT molecular complexity index is 403. The van der Waals surface area contributed by atoms with Gasteiger partial charge >= 0.3 is 0 Å². The van der Waals surface area contributed by atoms with Crippen LogP contribution >= 0.6 is 11.6 Å². The number of benzene rings is 1. The maximum Gasteiger partial charge on any atom is 0.0670 e. The quantitative estimate of drug-likeness (QED) is 0.784. The molecule has 0 spiro atoms. The van der Waals surface area contributed by atoms with E-state index in [9.17, 15) is 0 Å². The number of rotatable bonds is 2. The molecule has 1 fully saturated rings. The topological polar surface area (TPSA) is 27.0 Å². The van der Waals surface area contributed by atoms with Crippen LogP contribution in [0.1, 0.15) is 24.8 Å². The molecule has 1 aliphatic heterocycles. The highest BCUT2D eigenvalue weighted by molar-refractivity contribution is 6.30. The van der Waals surface area contributed by atoms with Crippen molar-refractivity contribution in [2.45, 2.75) is 25.7 Å². The molecule has 0 amide bonds. The van der Waals surface area contributed by atoms with Crippen molar-refractivity contribution < 1.29 is 0 Å². The summed E-state index contributed by atoms with van der Waals surface area (Å²) in [7, 11) is 0. The van der Waals surface area contributed by atoms with Crippen molar-refractivity contribution in [1.29, 1.82) is 5.26 Å². The molecule has 0 bridgehead atoms. The average molecular weight is 235 g/mol. The lowest BCUT2D eigenvalue weighted by Crippen LogP contribution is -2.30. The number of hydrogen-bond donors (Lipinski definition) is 0. The fourth-order valence-corrected chi connectivity index (χ4v) is 2.42. The van der Waals surface area contributed by atoms with Crippen molar-refractivity contribution in [2.75, 3.05) is 18.0 Å². The van der Waals surface area contributed by atoms with Crippen LogP contribution in [0.25, 0.3) is 0 Å². The van der Waals surface area contributed by atoms with Gasteiger partial charge in [-0.15, -0.1) is 0 Å². The Morgan fingerprint density at radius 2 is 2.00 bits per heavy atom. The van der Waals surface area contributed by atoms with Crippen LogP contribution in [0.2, 0.25) is 5.02 Å². The fourth-order valence-electron chi connectivity index (χ4n) is 2.22. The Morgan fingerprint density at radius 1 is 1.25 bits per heavy atom. The van der Waals surface area contributed by atoms with Crippen molar-refractivity contribution >= 4 is 17.3 Å². The second-order valence-electron chi connectivity index (χ2n) is 4.16. The average Bonchev–Trinajstić information content (AvgIpc) is 2.31. The molecule has 84 valence electrons. The predicted octanol–water partition coefficient (Wildman–Crippen LogP) is 3.40. The lowest BCUT2D eigenvalue weighted by atomic mass is 10.1. The number of hydrogen-bond acceptors (Lipinski definition) is 2. The van der Waals surface area contributed by atoms with Crippen LogP contribution in [0, 0.1) is 11.3 Å². The van der Waals surface area contributed by atoms with Crippen LogP contribution in [-0.4, -0.2) is 13.1 Å². The zero-order valence-corrected chi connectivity index (χ0v) is 10.0. The van der Waals surface area contributed by atoms with Gasteiger partial charge in [0.1, 0.15) is 0 Å². The van der Waals surface area contributed by atoms with Gasteiger partial charge in [-0.2, -0.15) is 5.26 Å². The van der Waals surface area contributed by atoms with Gasteiger partial charge < -0.3 is 4.90 Å². The van der Waals surface area contributed by atoms with E-state index in [1.54, 1.807) is 0 Å². The normalized spacial score (nSPS) is 15.9. The molecule has 0 unspecified atom stereocenters. The highest BCUT2D eigenvalue weighted by atomic mass is 35.5. The van der Waals surface area contributed by atoms with Crippen LogP contribution in [0.5, 0.6) is 0 Å². The molecular weight excluding hydrogens is 220 g/mol. The van der Waals surface area contributed by atoms with E-state index >= 15 is 0 Å². The van der Waals surface area contributed by atoms with Crippen LogP contribution < -0.4 is 4.90 Å². The van der Waals surface area contributed by atoms with E-state index in [-0.39, 0.29) is 0 Å². The molecule has 0 aromatic heterocycles. The molecule has 0 aliphatic carbocycles. The molecule has 1 aromatic rings. The first-order chi connectivity index (χ1) is 7.81. The second kappa shape index (κ2) is 5.23. The zero-order chi connectivity index (χ0) is 11.4. The Morgan fingerprint density at radius 3 is 2.69 bits per heavy atom. The molecule has 0 N–H and O–H groups in total. The third kappa shape index (κ3) is 2.48. The van der Waals surface area contributed by atoms with Gasteiger partial charge in [-0.3, -0.25) is 0 Å². The Kier molecular flexibility index (Phi) is 3.69. The summed E-state index contributed by atoms with van der Waals surface area (Å²) in [5.41, 5.74) is 2.24. The van der Waals surface area contributed by atoms with Gasteiger partial charge in [0.2, 0.25) is 0 Å². The number of piperidine rings is 1. The number of anilines is 1. The molecule has 0 atom stereocenters. The van der Waals surface area contributed by atoms with Gasteiger partial charge in [-0.05, 0) is 43.0 Å². The van der Waals surface area contributed by atoms with Gasteiger partial charge in [0.05, 0.1) is 12.5 Å². The Labute approximate surface area is 101 Å². The molecule has 0 radical (unpaired) electrons. The van der Waals surface area contributed by atoms with Crippen molar-refractivity contribution in [3.8, 4) is 6.07 Å². The van der Waals surface area contributed by atoms with Crippen LogP contribution in [-0.2, 0) is 6.42 Å². The van der Waals surface area contributed by atoms with E-state index in [1.165, 1.54) is 24.9 Å². The minimum absolute atomic E-state index is 0.437. The first-order valence-electron chi connectivity index (χ1n) is 5.71. The smallest absolute Gasteiger partial charge is 0.0670 e. The van der Waals surface area contributed by atoms with E-state index in [1.807, 2.05) is 18.2 Å². The first-order valence-corrected chi connectivity index (χ1v) is 6.09. The SMILES string of the molecule is N#CCc1cc(Cl)ccc1N1CCCCC1. The highest BCUT2D eigenvalue weighted by Crippen LogP contribution is 2.27. The monoisotopic (exact) mass is 234 g/mol. The Balaban J connectivity index is 2.27. The van der Waals surface area contributed by atoms with Gasteiger partial charge in [0.15, 0.2) is 0 Å². The summed E-state index contributed by atoms with van der Waals surface area (Å²) >= 11 is 5.96. The molecule has 0 saturated carbocycles. The van der Waals surface area contributed by atoms with Crippen molar-refractivity contribution in [2.24, 2.45) is 0 Å². The summed E-state index contributed by atoms with van der Waals surface area (Å²) in [5, 5.41) is 9.54. The molecule has 16 heavy (non-hydrogen) atoms. The van der Waals surface area contributed by atoms with Gasteiger partial charge in [-0.1, -0.05) is 11.6 Å². The minimum atomic E-state index is 0.437. The van der Waals surface area contributed by atoms with E-state index in [2.05, 4.69) is 11.0 Å². The van der Waals surface area contributed by atoms with Gasteiger partial charge in [0.25, 0.3) is 0 Å². The summed E-state index contributed by atoms with van der Waals surface area (Å²) in [6, 6.07) is 8.07. The largest absolute Gasteiger partial charge is 0.371 e. The molecular formula is C13H15ClN2. The van der Waals surface area contributed by atoms with Crippen LogP contribution in [0.4, 0.5) is 5.69 Å². The summed E-state index contributed by atoms with van der Waals surface area (Å²) in [6.45, 7) is 2.19. The van der Waals surface area contributed by atoms with E-state index < -0.39 is 0 Å². The summed E-state index contributed by atoms with van der Waals surface area (Å²) in [6.07, 6.45) is 4.24. The van der Waals surface area contributed by atoms with Gasteiger partial charge in [-0.25, -0.2) is 0 Å². The first kappa shape index (κ1) is 11.3. The molecule has 1 aromatic carbocycles. The number of nitrogens with zero attached hydrogens (tertiary/aromatic N) is 2. The third-order valence-corrected chi connectivity index (χ3v) is 3.24. The zero-order valence-electron chi connectivity index (χ0n) is 9.25. The molecule has 2 rings (SSSR count). The maximum absolute atomic E-state index is 8.82. The summed E-state index contributed by atoms with van der Waals surface area (Å²) in [5.74, 6) is 0. The fraction of sp³-hybridized carbons (Fsp3) is 0.462.